The summed E-state index contributed by atoms with van der Waals surface area (Å²) in [6.45, 7) is 4.76. The average molecular weight is 304 g/mol. The highest BCUT2D eigenvalue weighted by molar-refractivity contribution is 7.10. The third-order valence-corrected chi connectivity index (χ3v) is 4.62. The predicted molar refractivity (Wildman–Crippen MR) is 87.1 cm³/mol. The number of hydrogen-bond acceptors (Lipinski definition) is 4. The lowest BCUT2D eigenvalue weighted by Gasteiger charge is -2.23. The minimum absolute atomic E-state index is 0.114. The van der Waals surface area contributed by atoms with Gasteiger partial charge in [-0.25, -0.2) is 0 Å². The van der Waals surface area contributed by atoms with Gasteiger partial charge in [0, 0.05) is 22.5 Å². The Balaban J connectivity index is 2.08. The van der Waals surface area contributed by atoms with Crippen LogP contribution in [0.15, 0.2) is 35.7 Å². The molecule has 0 atom stereocenters. The van der Waals surface area contributed by atoms with Crippen molar-refractivity contribution in [3.05, 3.63) is 46.2 Å². The molecule has 0 radical (unpaired) electrons. The Bertz CT molecular complexity index is 621. The van der Waals surface area contributed by atoms with Crippen LogP contribution in [-0.4, -0.2) is 19.6 Å². The summed E-state index contributed by atoms with van der Waals surface area (Å²) in [7, 11) is 1.56. The number of benzene rings is 1. The van der Waals surface area contributed by atoms with E-state index in [1.54, 1.807) is 36.6 Å². The van der Waals surface area contributed by atoms with Gasteiger partial charge < -0.3 is 15.8 Å². The maximum absolute atomic E-state index is 12.3. The van der Waals surface area contributed by atoms with E-state index in [1.807, 2.05) is 11.4 Å². The van der Waals surface area contributed by atoms with Gasteiger partial charge in [-0.3, -0.25) is 4.79 Å². The standard InChI is InChI=1S/C16H20N2O2S/c1-16(2,14-5-4-8-21-14)10-18-15(19)12-9-11(20-3)6-7-13(12)17/h4-9H,10,17H2,1-3H3,(H,18,19). The van der Waals surface area contributed by atoms with Crippen molar-refractivity contribution in [2.24, 2.45) is 0 Å². The van der Waals surface area contributed by atoms with Crippen LogP contribution >= 0.6 is 11.3 Å². The monoisotopic (exact) mass is 304 g/mol. The van der Waals surface area contributed by atoms with E-state index in [0.29, 0.717) is 23.5 Å². The van der Waals surface area contributed by atoms with E-state index in [1.165, 1.54) is 4.88 Å². The van der Waals surface area contributed by atoms with E-state index >= 15 is 0 Å². The second-order valence-electron chi connectivity index (χ2n) is 5.50. The highest BCUT2D eigenvalue weighted by Crippen LogP contribution is 2.27. The molecule has 0 fully saturated rings. The second-order valence-corrected chi connectivity index (χ2v) is 6.44. The molecular weight excluding hydrogens is 284 g/mol. The number of ether oxygens (including phenoxy) is 1. The number of nitrogen functional groups attached to an aromatic ring is 1. The zero-order valence-corrected chi connectivity index (χ0v) is 13.3. The first kappa shape index (κ1) is 15.4. The number of rotatable bonds is 5. The molecule has 1 heterocycles. The Kier molecular flexibility index (Phi) is 4.53. The minimum atomic E-state index is -0.184. The van der Waals surface area contributed by atoms with Crippen molar-refractivity contribution in [2.75, 3.05) is 19.4 Å². The molecule has 0 unspecified atom stereocenters. The van der Waals surface area contributed by atoms with Gasteiger partial charge in [0.2, 0.25) is 0 Å². The van der Waals surface area contributed by atoms with E-state index in [0.717, 1.165) is 0 Å². The van der Waals surface area contributed by atoms with Crippen LogP contribution in [0.1, 0.15) is 29.1 Å². The molecule has 0 aliphatic heterocycles. The van der Waals surface area contributed by atoms with Crippen LogP contribution in [-0.2, 0) is 5.41 Å². The lowest BCUT2D eigenvalue weighted by atomic mass is 9.91. The lowest BCUT2D eigenvalue weighted by Crippen LogP contribution is -2.36. The first-order valence-corrected chi connectivity index (χ1v) is 7.58. The molecule has 0 aliphatic rings. The number of amides is 1. The maximum Gasteiger partial charge on any atom is 0.253 e. The van der Waals surface area contributed by atoms with E-state index in [2.05, 4.69) is 25.2 Å². The van der Waals surface area contributed by atoms with E-state index in [9.17, 15) is 4.79 Å². The van der Waals surface area contributed by atoms with Crippen LogP contribution in [0.25, 0.3) is 0 Å². The van der Waals surface area contributed by atoms with Gasteiger partial charge in [-0.1, -0.05) is 19.9 Å². The van der Waals surface area contributed by atoms with Crippen molar-refractivity contribution < 1.29 is 9.53 Å². The molecule has 21 heavy (non-hydrogen) atoms. The number of thiophene rings is 1. The topological polar surface area (TPSA) is 64.3 Å². The fraction of sp³-hybridized carbons (Fsp3) is 0.312. The number of nitrogens with one attached hydrogen (secondary N) is 1. The third kappa shape index (κ3) is 3.55. The largest absolute Gasteiger partial charge is 0.497 e. The molecule has 5 heteroatoms. The lowest BCUT2D eigenvalue weighted by molar-refractivity contribution is 0.0946. The van der Waals surface area contributed by atoms with Crippen molar-refractivity contribution in [1.82, 2.24) is 5.32 Å². The molecule has 0 saturated carbocycles. The van der Waals surface area contributed by atoms with Gasteiger partial charge in [0.1, 0.15) is 5.75 Å². The summed E-state index contributed by atoms with van der Waals surface area (Å²) in [5, 5.41) is 4.99. The fourth-order valence-electron chi connectivity index (χ4n) is 2.01. The number of hydrogen-bond donors (Lipinski definition) is 2. The highest BCUT2D eigenvalue weighted by Gasteiger charge is 2.23. The molecule has 3 N–H and O–H groups in total. The average Bonchev–Trinajstić information content (AvgIpc) is 3.00. The molecule has 1 aromatic heterocycles. The van der Waals surface area contributed by atoms with E-state index in [4.69, 9.17) is 10.5 Å². The number of carbonyl (C=O) groups is 1. The van der Waals surface area contributed by atoms with Crippen molar-refractivity contribution >= 4 is 22.9 Å². The summed E-state index contributed by atoms with van der Waals surface area (Å²) in [5.41, 5.74) is 6.64. The predicted octanol–water partition coefficient (Wildman–Crippen LogP) is 3.05. The third-order valence-electron chi connectivity index (χ3n) is 3.38. The summed E-state index contributed by atoms with van der Waals surface area (Å²) in [5.74, 6) is 0.433. The van der Waals surface area contributed by atoms with Gasteiger partial charge in [-0.2, -0.15) is 0 Å². The van der Waals surface area contributed by atoms with Crippen LogP contribution < -0.4 is 15.8 Å². The molecule has 0 aliphatic carbocycles. The second kappa shape index (κ2) is 6.18. The highest BCUT2D eigenvalue weighted by atomic mass is 32.1. The summed E-state index contributed by atoms with van der Waals surface area (Å²) in [6, 6.07) is 9.17. The van der Waals surface area contributed by atoms with E-state index in [-0.39, 0.29) is 11.3 Å². The van der Waals surface area contributed by atoms with Gasteiger partial charge in [0.05, 0.1) is 12.7 Å². The molecule has 1 aromatic carbocycles. The Morgan fingerprint density at radius 1 is 1.38 bits per heavy atom. The van der Waals surface area contributed by atoms with Gasteiger partial charge in [0.15, 0.2) is 0 Å². The van der Waals surface area contributed by atoms with Crippen LogP contribution in [0.4, 0.5) is 5.69 Å². The maximum atomic E-state index is 12.3. The van der Waals surface area contributed by atoms with Gasteiger partial charge >= 0.3 is 0 Å². The molecular formula is C16H20N2O2S. The van der Waals surface area contributed by atoms with Crippen molar-refractivity contribution in [2.45, 2.75) is 19.3 Å². The zero-order valence-electron chi connectivity index (χ0n) is 12.5. The summed E-state index contributed by atoms with van der Waals surface area (Å²) < 4.78 is 5.13. The molecule has 4 nitrogen and oxygen atoms in total. The normalized spacial score (nSPS) is 11.2. The summed E-state index contributed by atoms with van der Waals surface area (Å²) >= 11 is 1.69. The smallest absolute Gasteiger partial charge is 0.253 e. The number of methoxy groups -OCH3 is 1. The number of anilines is 1. The van der Waals surface area contributed by atoms with Gasteiger partial charge in [-0.05, 0) is 29.6 Å². The quantitative estimate of drug-likeness (QED) is 0.835. The SMILES string of the molecule is COc1ccc(N)c(C(=O)NCC(C)(C)c2cccs2)c1. The Hall–Kier alpha value is -2.01. The molecule has 0 bridgehead atoms. The molecule has 112 valence electrons. The van der Waals surface area contributed by atoms with Crippen LogP contribution in [0, 0.1) is 0 Å². The zero-order chi connectivity index (χ0) is 15.5. The molecule has 2 rings (SSSR count). The van der Waals surface area contributed by atoms with Crippen molar-refractivity contribution in [1.29, 1.82) is 0 Å². The van der Waals surface area contributed by atoms with Gasteiger partial charge in [-0.15, -0.1) is 11.3 Å². The first-order valence-electron chi connectivity index (χ1n) is 6.70. The fourth-order valence-corrected chi connectivity index (χ4v) is 2.86. The molecule has 2 aromatic rings. The molecule has 0 saturated heterocycles. The summed E-state index contributed by atoms with van der Waals surface area (Å²) in [6.07, 6.45) is 0. The first-order chi connectivity index (χ1) is 9.94. The van der Waals surface area contributed by atoms with Crippen LogP contribution in [0.2, 0.25) is 0 Å². The Labute approximate surface area is 128 Å². The number of nitrogens with two attached hydrogens (primary N) is 1. The Morgan fingerprint density at radius 2 is 2.14 bits per heavy atom. The van der Waals surface area contributed by atoms with E-state index < -0.39 is 0 Å². The molecule has 1 amide bonds. The van der Waals surface area contributed by atoms with Crippen molar-refractivity contribution in [3.63, 3.8) is 0 Å². The molecule has 0 spiro atoms. The van der Waals surface area contributed by atoms with Crippen LogP contribution in [0.3, 0.4) is 0 Å². The van der Waals surface area contributed by atoms with Gasteiger partial charge in [0.25, 0.3) is 5.91 Å². The summed E-state index contributed by atoms with van der Waals surface area (Å²) in [4.78, 5) is 13.5. The van der Waals surface area contributed by atoms with Crippen molar-refractivity contribution in [3.8, 4) is 5.75 Å². The van der Waals surface area contributed by atoms with Crippen LogP contribution in [0.5, 0.6) is 5.75 Å². The Morgan fingerprint density at radius 3 is 2.76 bits per heavy atom. The number of carbonyl (C=O) groups excluding carboxylic acids is 1. The minimum Gasteiger partial charge on any atom is -0.497 e.